The Labute approximate surface area is 212 Å². The van der Waals surface area contributed by atoms with Crippen LogP contribution in [0.1, 0.15) is 59.8 Å². The Morgan fingerprint density at radius 2 is 1.67 bits per heavy atom. The van der Waals surface area contributed by atoms with Gasteiger partial charge in [-0.05, 0) is 60.4 Å². The van der Waals surface area contributed by atoms with Gasteiger partial charge < -0.3 is 19.7 Å². The van der Waals surface area contributed by atoms with Crippen LogP contribution in [0.4, 0.5) is 0 Å². The van der Waals surface area contributed by atoms with Gasteiger partial charge in [-0.3, -0.25) is 14.6 Å². The predicted octanol–water partition coefficient (Wildman–Crippen LogP) is 4.93. The van der Waals surface area contributed by atoms with Crippen LogP contribution in [0.3, 0.4) is 0 Å². The molecule has 0 saturated heterocycles. The number of methoxy groups -OCH3 is 2. The largest absolute Gasteiger partial charge is 0.497 e. The minimum Gasteiger partial charge on any atom is -0.497 e. The lowest BCUT2D eigenvalue weighted by Gasteiger charge is -2.33. The summed E-state index contributed by atoms with van der Waals surface area (Å²) in [5.41, 5.74) is 1.80. The van der Waals surface area contributed by atoms with Crippen molar-refractivity contribution in [2.24, 2.45) is 0 Å². The number of rotatable bonds is 9. The molecule has 1 saturated carbocycles. The van der Waals surface area contributed by atoms with Gasteiger partial charge in [-0.15, -0.1) is 0 Å². The predicted molar refractivity (Wildman–Crippen MR) is 138 cm³/mol. The summed E-state index contributed by atoms with van der Waals surface area (Å²) in [6.45, 7) is 0.201. The number of nitrogens with one attached hydrogen (secondary N) is 1. The summed E-state index contributed by atoms with van der Waals surface area (Å²) in [4.78, 5) is 33.7. The van der Waals surface area contributed by atoms with Gasteiger partial charge in [-0.2, -0.15) is 0 Å². The minimum atomic E-state index is -0.872. The number of hydrogen-bond acceptors (Lipinski definition) is 5. The molecule has 7 heteroatoms. The third-order valence-corrected chi connectivity index (χ3v) is 6.55. The van der Waals surface area contributed by atoms with E-state index in [4.69, 9.17) is 9.47 Å². The number of amides is 2. The van der Waals surface area contributed by atoms with Crippen molar-refractivity contribution in [2.45, 2.75) is 50.7 Å². The van der Waals surface area contributed by atoms with Gasteiger partial charge in [0.05, 0.1) is 14.2 Å². The molecule has 2 aromatic carbocycles. The van der Waals surface area contributed by atoms with Gasteiger partial charge in [0.1, 0.15) is 23.2 Å². The number of nitrogens with zero attached hydrogens (tertiary/aromatic N) is 2. The van der Waals surface area contributed by atoms with Crippen molar-refractivity contribution >= 4 is 11.8 Å². The molecule has 1 heterocycles. The summed E-state index contributed by atoms with van der Waals surface area (Å²) in [6, 6.07) is 19.3. The zero-order valence-corrected chi connectivity index (χ0v) is 20.9. The summed E-state index contributed by atoms with van der Waals surface area (Å²) in [7, 11) is 3.19. The molecule has 0 bridgehead atoms. The van der Waals surface area contributed by atoms with Gasteiger partial charge >= 0.3 is 0 Å². The lowest BCUT2D eigenvalue weighted by Crippen LogP contribution is -2.47. The lowest BCUT2D eigenvalue weighted by molar-refractivity contribution is -0.127. The average Bonchev–Trinajstić information content (AvgIpc) is 2.93. The number of ether oxygens (including phenoxy) is 2. The number of benzene rings is 2. The van der Waals surface area contributed by atoms with E-state index in [9.17, 15) is 9.59 Å². The standard InChI is InChI=1S/C29H33N3O4/c1-35-24-14-8-10-21(18-24)20-32(29(34)26-16-6-7-17-30-26)27(22-11-9-15-25(19-22)36-2)28(33)31-23-12-4-3-5-13-23/h6-11,14-19,23,27H,3-5,12-13,20H2,1-2H3,(H,31,33). The molecule has 1 aliphatic rings. The van der Waals surface area contributed by atoms with Gasteiger partial charge in [-0.25, -0.2) is 0 Å². The minimum absolute atomic E-state index is 0.1000. The Bertz CT molecular complexity index is 1160. The fraction of sp³-hybridized carbons (Fsp3) is 0.345. The topological polar surface area (TPSA) is 80.8 Å². The zero-order chi connectivity index (χ0) is 25.3. The van der Waals surface area contributed by atoms with Gasteiger partial charge in [0.2, 0.25) is 5.91 Å². The molecule has 1 aliphatic carbocycles. The molecule has 1 aromatic heterocycles. The number of hydrogen-bond donors (Lipinski definition) is 1. The molecule has 0 radical (unpaired) electrons. The van der Waals surface area contributed by atoms with Crippen LogP contribution in [0.2, 0.25) is 0 Å². The summed E-state index contributed by atoms with van der Waals surface area (Å²) >= 11 is 0. The number of carbonyl (C=O) groups excluding carboxylic acids is 2. The van der Waals surface area contributed by atoms with Crippen molar-refractivity contribution in [3.8, 4) is 11.5 Å². The Kier molecular flexibility index (Phi) is 8.55. The summed E-state index contributed by atoms with van der Waals surface area (Å²) in [5.74, 6) is 0.768. The van der Waals surface area contributed by atoms with E-state index in [1.54, 1.807) is 43.5 Å². The van der Waals surface area contributed by atoms with E-state index in [0.717, 1.165) is 31.2 Å². The quantitative estimate of drug-likeness (QED) is 0.463. The first-order valence-corrected chi connectivity index (χ1v) is 12.4. The van der Waals surface area contributed by atoms with E-state index in [1.165, 1.54) is 6.42 Å². The second-order valence-corrected chi connectivity index (χ2v) is 9.02. The van der Waals surface area contributed by atoms with E-state index >= 15 is 0 Å². The Morgan fingerprint density at radius 3 is 2.36 bits per heavy atom. The molecule has 0 aliphatic heterocycles. The second kappa shape index (κ2) is 12.2. The normalized spacial score (nSPS) is 14.5. The first-order chi connectivity index (χ1) is 17.6. The number of aromatic nitrogens is 1. The summed E-state index contributed by atoms with van der Waals surface area (Å²) in [6.07, 6.45) is 6.84. The van der Waals surface area contributed by atoms with Crippen molar-refractivity contribution < 1.29 is 19.1 Å². The fourth-order valence-electron chi connectivity index (χ4n) is 4.70. The monoisotopic (exact) mass is 487 g/mol. The molecule has 1 N–H and O–H groups in total. The highest BCUT2D eigenvalue weighted by Gasteiger charge is 2.34. The zero-order valence-electron chi connectivity index (χ0n) is 20.9. The van der Waals surface area contributed by atoms with Gasteiger partial charge in [0.15, 0.2) is 0 Å². The molecule has 1 atom stereocenters. The Morgan fingerprint density at radius 1 is 0.944 bits per heavy atom. The maximum Gasteiger partial charge on any atom is 0.273 e. The van der Waals surface area contributed by atoms with E-state index in [-0.39, 0.29) is 30.1 Å². The molecular weight excluding hydrogens is 454 g/mol. The Hall–Kier alpha value is -3.87. The first kappa shape index (κ1) is 25.2. The smallest absolute Gasteiger partial charge is 0.273 e. The van der Waals surface area contributed by atoms with Crippen LogP contribution in [-0.4, -0.2) is 42.0 Å². The van der Waals surface area contributed by atoms with E-state index < -0.39 is 6.04 Å². The highest BCUT2D eigenvalue weighted by molar-refractivity contribution is 5.96. The highest BCUT2D eigenvalue weighted by atomic mass is 16.5. The molecule has 7 nitrogen and oxygen atoms in total. The van der Waals surface area contributed by atoms with E-state index in [0.29, 0.717) is 17.1 Å². The van der Waals surface area contributed by atoms with Crippen molar-refractivity contribution in [3.63, 3.8) is 0 Å². The average molecular weight is 488 g/mol. The SMILES string of the molecule is COc1cccc(CN(C(=O)c2ccccn2)C(C(=O)NC2CCCCC2)c2cccc(OC)c2)c1. The van der Waals surface area contributed by atoms with Crippen LogP contribution >= 0.6 is 0 Å². The third-order valence-electron chi connectivity index (χ3n) is 6.55. The van der Waals surface area contributed by atoms with E-state index in [1.807, 2.05) is 48.5 Å². The highest BCUT2D eigenvalue weighted by Crippen LogP contribution is 2.29. The maximum atomic E-state index is 13.9. The molecule has 1 fully saturated rings. The van der Waals surface area contributed by atoms with Crippen LogP contribution in [-0.2, 0) is 11.3 Å². The molecule has 0 spiro atoms. The molecule has 1 unspecified atom stereocenters. The molecule has 188 valence electrons. The van der Waals surface area contributed by atoms with Gasteiger partial charge in [-0.1, -0.05) is 49.6 Å². The lowest BCUT2D eigenvalue weighted by atomic mass is 9.94. The molecule has 36 heavy (non-hydrogen) atoms. The summed E-state index contributed by atoms with van der Waals surface area (Å²) in [5, 5.41) is 3.23. The van der Waals surface area contributed by atoms with Crippen LogP contribution in [0.25, 0.3) is 0 Å². The number of carbonyl (C=O) groups is 2. The van der Waals surface area contributed by atoms with E-state index in [2.05, 4.69) is 10.3 Å². The second-order valence-electron chi connectivity index (χ2n) is 9.02. The first-order valence-electron chi connectivity index (χ1n) is 12.4. The van der Waals surface area contributed by atoms with Crippen LogP contribution in [0.5, 0.6) is 11.5 Å². The third kappa shape index (κ3) is 6.22. The fourth-order valence-corrected chi connectivity index (χ4v) is 4.70. The Balaban J connectivity index is 1.77. The molecule has 4 rings (SSSR count). The summed E-state index contributed by atoms with van der Waals surface area (Å²) < 4.78 is 10.8. The maximum absolute atomic E-state index is 13.9. The van der Waals surface area contributed by atoms with Crippen molar-refractivity contribution in [2.75, 3.05) is 14.2 Å². The molecule has 2 amide bonds. The van der Waals surface area contributed by atoms with Crippen LogP contribution in [0.15, 0.2) is 72.9 Å². The van der Waals surface area contributed by atoms with Crippen molar-refractivity contribution in [1.29, 1.82) is 0 Å². The molecular formula is C29H33N3O4. The van der Waals surface area contributed by atoms with Gasteiger partial charge in [0.25, 0.3) is 5.91 Å². The van der Waals surface area contributed by atoms with Crippen molar-refractivity contribution in [1.82, 2.24) is 15.2 Å². The number of pyridine rings is 1. The van der Waals surface area contributed by atoms with Gasteiger partial charge in [0, 0.05) is 18.8 Å². The van der Waals surface area contributed by atoms with Crippen molar-refractivity contribution in [3.05, 3.63) is 89.7 Å². The van der Waals surface area contributed by atoms with Crippen LogP contribution in [0, 0.1) is 0 Å². The van der Waals surface area contributed by atoms with Crippen LogP contribution < -0.4 is 14.8 Å². The molecule has 3 aromatic rings.